The van der Waals surface area contributed by atoms with E-state index in [9.17, 15) is 14.4 Å². The van der Waals surface area contributed by atoms with Crippen molar-refractivity contribution in [2.45, 2.75) is 6.04 Å². The van der Waals surface area contributed by atoms with E-state index in [-0.39, 0.29) is 4.48 Å². The molecule has 0 bridgehead atoms. The van der Waals surface area contributed by atoms with E-state index in [2.05, 4.69) is 0 Å². The standard InChI is InChI=1S/C8H13NO6/c1-9(2,3)5(8(14)15)4(6(10)11)7(12)13/h4-5H,1-3H3,(H2-,10,11,12,13,14,15)/p+1. The molecule has 0 rings (SSSR count). The molecule has 0 aromatic heterocycles. The molecule has 0 heterocycles. The van der Waals surface area contributed by atoms with Crippen LogP contribution in [-0.4, -0.2) is 64.9 Å². The normalized spacial score (nSPS) is 13.6. The Kier molecular flexibility index (Phi) is 3.80. The van der Waals surface area contributed by atoms with Gasteiger partial charge in [0.15, 0.2) is 0 Å². The number of hydrogen-bond donors (Lipinski definition) is 3. The average Bonchev–Trinajstić information content (AvgIpc) is 1.94. The highest BCUT2D eigenvalue weighted by molar-refractivity contribution is 5.98. The van der Waals surface area contributed by atoms with Gasteiger partial charge in [-0.15, -0.1) is 0 Å². The number of hydrogen-bond acceptors (Lipinski definition) is 3. The third kappa shape index (κ3) is 3.21. The zero-order chi connectivity index (χ0) is 12.4. The summed E-state index contributed by atoms with van der Waals surface area (Å²) in [5.41, 5.74) is 0. The maximum atomic E-state index is 10.9. The van der Waals surface area contributed by atoms with Crippen LogP contribution in [0.1, 0.15) is 0 Å². The molecule has 7 nitrogen and oxygen atoms in total. The van der Waals surface area contributed by atoms with Crippen molar-refractivity contribution in [3.05, 3.63) is 0 Å². The second-order valence-corrected chi connectivity index (χ2v) is 4.05. The smallest absolute Gasteiger partial charge is 0.364 e. The molecule has 3 N–H and O–H groups in total. The lowest BCUT2D eigenvalue weighted by atomic mass is 9.97. The number of carboxylic acid groups (broad SMARTS) is 3. The Morgan fingerprint density at radius 2 is 1.20 bits per heavy atom. The summed E-state index contributed by atoms with van der Waals surface area (Å²) in [5.74, 6) is -6.70. The highest BCUT2D eigenvalue weighted by Gasteiger charge is 2.48. The summed E-state index contributed by atoms with van der Waals surface area (Å²) < 4.78 is -0.279. The van der Waals surface area contributed by atoms with Gasteiger partial charge in [-0.05, 0) is 0 Å². The van der Waals surface area contributed by atoms with Gasteiger partial charge in [0.25, 0.3) is 0 Å². The van der Waals surface area contributed by atoms with E-state index >= 15 is 0 Å². The average molecular weight is 220 g/mol. The summed E-state index contributed by atoms with van der Waals surface area (Å²) >= 11 is 0. The van der Waals surface area contributed by atoms with E-state index in [1.165, 1.54) is 21.1 Å². The van der Waals surface area contributed by atoms with Crippen molar-refractivity contribution in [2.24, 2.45) is 5.92 Å². The molecule has 1 unspecified atom stereocenters. The molecular formula is C8H14NO6+. The van der Waals surface area contributed by atoms with Crippen LogP contribution in [-0.2, 0) is 14.4 Å². The fraction of sp³-hybridized carbons (Fsp3) is 0.625. The van der Waals surface area contributed by atoms with E-state index in [0.29, 0.717) is 0 Å². The lowest BCUT2D eigenvalue weighted by Crippen LogP contribution is -2.57. The predicted molar refractivity (Wildman–Crippen MR) is 48.2 cm³/mol. The summed E-state index contributed by atoms with van der Waals surface area (Å²) in [6, 6.07) is -1.53. The minimum atomic E-state index is -1.96. The topological polar surface area (TPSA) is 112 Å². The molecule has 0 fully saturated rings. The first-order chi connectivity index (χ1) is 6.59. The second-order valence-electron chi connectivity index (χ2n) is 4.05. The Morgan fingerprint density at radius 3 is 1.27 bits per heavy atom. The molecule has 0 aliphatic carbocycles. The molecule has 0 saturated heterocycles. The molecule has 0 aliphatic heterocycles. The third-order valence-corrected chi connectivity index (χ3v) is 1.94. The van der Waals surface area contributed by atoms with Crippen molar-refractivity contribution in [1.82, 2.24) is 0 Å². The van der Waals surface area contributed by atoms with Crippen molar-refractivity contribution in [1.29, 1.82) is 0 Å². The van der Waals surface area contributed by atoms with Gasteiger partial charge in [0.1, 0.15) is 0 Å². The van der Waals surface area contributed by atoms with Crippen LogP contribution in [0.25, 0.3) is 0 Å². The van der Waals surface area contributed by atoms with E-state index in [0.717, 1.165) is 0 Å². The fourth-order valence-corrected chi connectivity index (χ4v) is 1.30. The molecule has 1 atom stereocenters. The number of carboxylic acids is 3. The van der Waals surface area contributed by atoms with Crippen LogP contribution in [0.15, 0.2) is 0 Å². The Labute approximate surface area is 86.1 Å². The van der Waals surface area contributed by atoms with E-state index in [4.69, 9.17) is 15.3 Å². The van der Waals surface area contributed by atoms with E-state index < -0.39 is 29.9 Å². The monoisotopic (exact) mass is 220 g/mol. The molecule has 0 aromatic rings. The summed E-state index contributed by atoms with van der Waals surface area (Å²) in [7, 11) is 4.28. The first-order valence-electron chi connectivity index (χ1n) is 4.08. The van der Waals surface area contributed by atoms with Gasteiger partial charge in [0, 0.05) is 0 Å². The minimum absolute atomic E-state index is 0.279. The minimum Gasteiger partial charge on any atom is -0.480 e. The Bertz CT molecular complexity index is 278. The molecule has 0 spiro atoms. The lowest BCUT2D eigenvalue weighted by Gasteiger charge is -2.32. The summed E-state index contributed by atoms with van der Waals surface area (Å²) in [6.07, 6.45) is 0. The van der Waals surface area contributed by atoms with Crippen LogP contribution in [0.4, 0.5) is 0 Å². The van der Waals surface area contributed by atoms with Crippen LogP contribution in [0.5, 0.6) is 0 Å². The molecule has 7 heteroatoms. The van der Waals surface area contributed by atoms with E-state index in [1.807, 2.05) is 0 Å². The van der Waals surface area contributed by atoms with Crippen LogP contribution in [0.2, 0.25) is 0 Å². The van der Waals surface area contributed by atoms with Crippen molar-refractivity contribution >= 4 is 17.9 Å². The van der Waals surface area contributed by atoms with Crippen LogP contribution >= 0.6 is 0 Å². The lowest BCUT2D eigenvalue weighted by molar-refractivity contribution is -0.889. The molecule has 0 aromatic carbocycles. The second kappa shape index (κ2) is 4.26. The van der Waals surface area contributed by atoms with Crippen LogP contribution in [0.3, 0.4) is 0 Å². The first kappa shape index (κ1) is 13.4. The predicted octanol–water partition coefficient (Wildman–Crippen LogP) is -1.07. The summed E-state index contributed by atoms with van der Waals surface area (Å²) in [6.45, 7) is 0. The molecular weight excluding hydrogens is 206 g/mol. The van der Waals surface area contributed by atoms with Crippen molar-refractivity contribution in [3.63, 3.8) is 0 Å². The number of rotatable bonds is 5. The van der Waals surface area contributed by atoms with Gasteiger partial charge in [-0.1, -0.05) is 0 Å². The van der Waals surface area contributed by atoms with Gasteiger partial charge in [-0.2, -0.15) is 0 Å². The highest BCUT2D eigenvalue weighted by atomic mass is 16.4. The van der Waals surface area contributed by atoms with Crippen LogP contribution in [0, 0.1) is 5.92 Å². The maximum absolute atomic E-state index is 10.9. The first-order valence-corrected chi connectivity index (χ1v) is 4.08. The van der Waals surface area contributed by atoms with Crippen molar-refractivity contribution in [3.8, 4) is 0 Å². The van der Waals surface area contributed by atoms with Gasteiger partial charge in [0.2, 0.25) is 12.0 Å². The molecule has 0 amide bonds. The zero-order valence-electron chi connectivity index (χ0n) is 8.67. The van der Waals surface area contributed by atoms with Crippen molar-refractivity contribution in [2.75, 3.05) is 21.1 Å². The van der Waals surface area contributed by atoms with Crippen molar-refractivity contribution < 1.29 is 34.2 Å². The molecule has 86 valence electrons. The van der Waals surface area contributed by atoms with Gasteiger partial charge < -0.3 is 19.8 Å². The number of carbonyl (C=O) groups is 3. The van der Waals surface area contributed by atoms with Gasteiger partial charge in [-0.3, -0.25) is 9.59 Å². The Balaban J connectivity index is 5.31. The summed E-state index contributed by atoms with van der Waals surface area (Å²) in [5, 5.41) is 26.2. The fourth-order valence-electron chi connectivity index (χ4n) is 1.30. The SMILES string of the molecule is C[N+](C)(C)C(C(=O)O)C(C(=O)O)C(=O)O. The number of nitrogens with zero attached hydrogens (tertiary/aromatic N) is 1. The molecule has 0 saturated carbocycles. The number of quaternary nitrogens is 1. The Morgan fingerprint density at radius 1 is 0.867 bits per heavy atom. The van der Waals surface area contributed by atoms with E-state index in [1.54, 1.807) is 0 Å². The van der Waals surface area contributed by atoms with Gasteiger partial charge in [0.05, 0.1) is 21.1 Å². The number of aliphatic carboxylic acids is 3. The van der Waals surface area contributed by atoms with Gasteiger partial charge >= 0.3 is 17.9 Å². The molecule has 0 aliphatic rings. The number of likely N-dealkylation sites (N-methyl/N-ethyl adjacent to an activating group) is 1. The maximum Gasteiger partial charge on any atom is 0.364 e. The van der Waals surface area contributed by atoms with Crippen LogP contribution < -0.4 is 0 Å². The third-order valence-electron chi connectivity index (χ3n) is 1.94. The Hall–Kier alpha value is -1.63. The highest BCUT2D eigenvalue weighted by Crippen LogP contribution is 2.15. The zero-order valence-corrected chi connectivity index (χ0v) is 8.67. The quantitative estimate of drug-likeness (QED) is 0.402. The van der Waals surface area contributed by atoms with Gasteiger partial charge in [-0.25, -0.2) is 4.79 Å². The molecule has 0 radical (unpaired) electrons. The summed E-state index contributed by atoms with van der Waals surface area (Å²) in [4.78, 5) is 32.2. The molecule has 15 heavy (non-hydrogen) atoms. The largest absolute Gasteiger partial charge is 0.480 e.